The van der Waals surface area contributed by atoms with Crippen LogP contribution in [0, 0.1) is 12.7 Å². The maximum Gasteiger partial charge on any atom is 0.275 e. The molecule has 1 N–H and O–H groups in total. The molecule has 0 atom stereocenters. The molecule has 0 aliphatic rings. The van der Waals surface area contributed by atoms with E-state index in [9.17, 15) is 9.18 Å². The lowest BCUT2D eigenvalue weighted by Crippen LogP contribution is -2.12. The van der Waals surface area contributed by atoms with Crippen LogP contribution in [0.1, 0.15) is 16.4 Å². The van der Waals surface area contributed by atoms with Gasteiger partial charge in [-0.25, -0.2) is 14.4 Å². The van der Waals surface area contributed by atoms with Gasteiger partial charge in [-0.2, -0.15) is 0 Å². The van der Waals surface area contributed by atoms with E-state index < -0.39 is 0 Å². The Bertz CT molecular complexity index is 1090. The van der Waals surface area contributed by atoms with Crippen molar-refractivity contribution in [3.8, 4) is 10.6 Å². The second-order valence-corrected chi connectivity index (χ2v) is 6.25. The van der Waals surface area contributed by atoms with E-state index in [0.29, 0.717) is 33.2 Å². The van der Waals surface area contributed by atoms with Crippen LogP contribution in [0.25, 0.3) is 21.7 Å². The maximum atomic E-state index is 13.8. The first kappa shape index (κ1) is 15.5. The highest BCUT2D eigenvalue weighted by Crippen LogP contribution is 2.26. The van der Waals surface area contributed by atoms with Gasteiger partial charge >= 0.3 is 0 Å². The van der Waals surface area contributed by atoms with Crippen LogP contribution in [0.4, 0.5) is 10.1 Å². The first-order chi connectivity index (χ1) is 12.1. The number of hydrogen-bond donors (Lipinski definition) is 1. The molecule has 0 saturated carbocycles. The topological polar surface area (TPSA) is 68.0 Å². The Hall–Kier alpha value is -3.06. The summed E-state index contributed by atoms with van der Waals surface area (Å²) in [5.74, 6) is -0.165. The summed E-state index contributed by atoms with van der Waals surface area (Å²) in [7, 11) is 0. The van der Waals surface area contributed by atoms with Gasteiger partial charge in [0.25, 0.3) is 5.91 Å². The molecule has 25 heavy (non-hydrogen) atoms. The summed E-state index contributed by atoms with van der Waals surface area (Å²) in [6, 6.07) is 11.6. The Kier molecular flexibility index (Phi) is 3.77. The summed E-state index contributed by atoms with van der Waals surface area (Å²) in [5.41, 5.74) is 2.53. The summed E-state index contributed by atoms with van der Waals surface area (Å²) in [6.45, 7) is 1.76. The minimum absolute atomic E-state index is 0.236. The first-order valence-electron chi connectivity index (χ1n) is 7.49. The highest BCUT2D eigenvalue weighted by molar-refractivity contribution is 7.13. The normalized spacial score (nSPS) is 11.0. The van der Waals surface area contributed by atoms with Crippen LogP contribution in [0.2, 0.25) is 0 Å². The van der Waals surface area contributed by atoms with Crippen LogP contribution in [0.15, 0.2) is 52.3 Å². The molecule has 7 heteroatoms. The van der Waals surface area contributed by atoms with Gasteiger partial charge in [-0.3, -0.25) is 4.79 Å². The minimum Gasteiger partial charge on any atom is -0.441 e. The number of halogens is 1. The number of carbonyl (C=O) groups is 1. The molecule has 0 saturated heterocycles. The lowest BCUT2D eigenvalue weighted by atomic mass is 10.2. The molecule has 0 aliphatic carbocycles. The Balaban J connectivity index is 1.57. The predicted molar refractivity (Wildman–Crippen MR) is 94.2 cm³/mol. The van der Waals surface area contributed by atoms with Crippen molar-refractivity contribution in [2.75, 3.05) is 5.32 Å². The molecule has 4 aromatic rings. The maximum absolute atomic E-state index is 13.8. The molecule has 2 aromatic carbocycles. The molecular weight excluding hydrogens is 341 g/mol. The number of nitrogens with one attached hydrogen (secondary N) is 1. The highest BCUT2D eigenvalue weighted by atomic mass is 32.1. The fourth-order valence-corrected chi connectivity index (χ4v) is 3.28. The van der Waals surface area contributed by atoms with Crippen molar-refractivity contribution in [3.05, 3.63) is 65.2 Å². The number of oxazole rings is 1. The zero-order chi connectivity index (χ0) is 17.4. The number of nitrogens with zero attached hydrogens (tertiary/aromatic N) is 2. The second-order valence-electron chi connectivity index (χ2n) is 5.39. The van der Waals surface area contributed by atoms with Crippen LogP contribution in [-0.2, 0) is 0 Å². The molecule has 124 valence electrons. The lowest BCUT2D eigenvalue weighted by molar-refractivity contribution is 0.102. The summed E-state index contributed by atoms with van der Waals surface area (Å²) in [5, 5.41) is 4.84. The van der Waals surface area contributed by atoms with Crippen molar-refractivity contribution >= 4 is 34.0 Å². The number of amides is 1. The van der Waals surface area contributed by atoms with Gasteiger partial charge < -0.3 is 9.73 Å². The van der Waals surface area contributed by atoms with Crippen molar-refractivity contribution in [1.82, 2.24) is 9.97 Å². The van der Waals surface area contributed by atoms with Crippen molar-refractivity contribution in [1.29, 1.82) is 0 Å². The van der Waals surface area contributed by atoms with Gasteiger partial charge in [-0.1, -0.05) is 12.1 Å². The van der Waals surface area contributed by atoms with Crippen LogP contribution in [0.5, 0.6) is 0 Å². The first-order valence-corrected chi connectivity index (χ1v) is 8.37. The Morgan fingerprint density at radius 2 is 2.04 bits per heavy atom. The molecule has 2 aromatic heterocycles. The molecule has 4 rings (SSSR count). The molecule has 5 nitrogen and oxygen atoms in total. The van der Waals surface area contributed by atoms with Gasteiger partial charge in [0.05, 0.1) is 0 Å². The van der Waals surface area contributed by atoms with E-state index in [0.717, 1.165) is 0 Å². The van der Waals surface area contributed by atoms with Crippen molar-refractivity contribution in [3.63, 3.8) is 0 Å². The Morgan fingerprint density at radius 1 is 1.20 bits per heavy atom. The molecule has 0 spiro atoms. The zero-order valence-electron chi connectivity index (χ0n) is 13.1. The van der Waals surface area contributed by atoms with Crippen molar-refractivity contribution in [2.45, 2.75) is 6.92 Å². The monoisotopic (exact) mass is 353 g/mol. The number of carbonyl (C=O) groups excluding carboxylic acids is 1. The van der Waals surface area contributed by atoms with Crippen LogP contribution >= 0.6 is 11.3 Å². The molecule has 2 heterocycles. The number of fused-ring (bicyclic) bond motifs is 1. The molecule has 1 amide bonds. The van der Waals surface area contributed by atoms with Gasteiger partial charge in [0.2, 0.25) is 0 Å². The SMILES string of the molecule is Cc1nc2cc(NC(=O)c3csc(-c4ccccc4F)n3)ccc2o1. The zero-order valence-corrected chi connectivity index (χ0v) is 13.9. The van der Waals surface area contributed by atoms with E-state index in [1.807, 2.05) is 0 Å². The molecule has 0 radical (unpaired) electrons. The third kappa shape index (κ3) is 3.01. The molecule has 0 fully saturated rings. The molecule has 0 bridgehead atoms. The average molecular weight is 353 g/mol. The molecule has 0 unspecified atom stereocenters. The number of hydrogen-bond acceptors (Lipinski definition) is 5. The minimum atomic E-state index is -0.365. The smallest absolute Gasteiger partial charge is 0.275 e. The predicted octanol–water partition coefficient (Wildman–Crippen LogP) is 4.65. The van der Waals surface area contributed by atoms with E-state index in [-0.39, 0.29) is 17.4 Å². The Labute approximate surface area is 146 Å². The third-order valence-electron chi connectivity index (χ3n) is 3.59. The lowest BCUT2D eigenvalue weighted by Gasteiger charge is -2.02. The number of rotatable bonds is 3. The van der Waals surface area contributed by atoms with E-state index in [1.54, 1.807) is 48.7 Å². The number of benzene rings is 2. The number of thiazole rings is 1. The van der Waals surface area contributed by atoms with E-state index >= 15 is 0 Å². The number of aromatic nitrogens is 2. The van der Waals surface area contributed by atoms with Crippen molar-refractivity contribution in [2.24, 2.45) is 0 Å². The fraction of sp³-hybridized carbons (Fsp3) is 0.0556. The van der Waals surface area contributed by atoms with Crippen LogP contribution < -0.4 is 5.32 Å². The van der Waals surface area contributed by atoms with E-state index in [1.165, 1.54) is 17.4 Å². The highest BCUT2D eigenvalue weighted by Gasteiger charge is 2.14. The van der Waals surface area contributed by atoms with Gasteiger partial charge in [0, 0.05) is 23.6 Å². The van der Waals surface area contributed by atoms with Crippen molar-refractivity contribution < 1.29 is 13.6 Å². The van der Waals surface area contributed by atoms with Crippen LogP contribution in [-0.4, -0.2) is 15.9 Å². The molecular formula is C18H12FN3O2S. The third-order valence-corrected chi connectivity index (χ3v) is 4.47. The van der Waals surface area contributed by atoms with Gasteiger partial charge in [0.1, 0.15) is 22.0 Å². The standard InChI is InChI=1S/C18H12FN3O2S/c1-10-20-14-8-11(6-7-16(14)24-10)21-17(23)15-9-25-18(22-15)12-4-2-3-5-13(12)19/h2-9H,1H3,(H,21,23). The van der Waals surface area contributed by atoms with Crippen LogP contribution in [0.3, 0.4) is 0 Å². The van der Waals surface area contributed by atoms with E-state index in [2.05, 4.69) is 15.3 Å². The fourth-order valence-electron chi connectivity index (χ4n) is 2.45. The van der Waals surface area contributed by atoms with Gasteiger partial charge in [-0.05, 0) is 30.3 Å². The Morgan fingerprint density at radius 3 is 2.88 bits per heavy atom. The average Bonchev–Trinajstić information content (AvgIpc) is 3.20. The largest absolute Gasteiger partial charge is 0.441 e. The quantitative estimate of drug-likeness (QED) is 0.582. The summed E-state index contributed by atoms with van der Waals surface area (Å²) in [4.78, 5) is 20.9. The summed E-state index contributed by atoms with van der Waals surface area (Å²) < 4.78 is 19.2. The number of anilines is 1. The number of aryl methyl sites for hydroxylation is 1. The second kappa shape index (κ2) is 6.10. The van der Waals surface area contributed by atoms with Gasteiger partial charge in [0.15, 0.2) is 11.5 Å². The summed E-state index contributed by atoms with van der Waals surface area (Å²) >= 11 is 1.22. The van der Waals surface area contributed by atoms with Gasteiger partial charge in [-0.15, -0.1) is 11.3 Å². The van der Waals surface area contributed by atoms with E-state index in [4.69, 9.17) is 4.42 Å². The summed E-state index contributed by atoms with van der Waals surface area (Å²) in [6.07, 6.45) is 0. The molecule has 0 aliphatic heterocycles.